The average Bonchev–Trinajstić information content (AvgIpc) is 2.39. The second kappa shape index (κ2) is 6.41. The van der Waals surface area contributed by atoms with E-state index in [1.54, 1.807) is 0 Å². The molecular weight excluding hydrogens is 246 g/mol. The third-order valence-electron chi connectivity index (χ3n) is 3.56. The number of hydrogen-bond donors (Lipinski definition) is 1. The lowest BCUT2D eigenvalue weighted by atomic mass is 10.2. The monoisotopic (exact) mass is 267 g/mol. The maximum absolute atomic E-state index is 6.03. The first-order valence-electron chi connectivity index (χ1n) is 6.67. The predicted molar refractivity (Wildman–Crippen MR) is 78.4 cm³/mol. The quantitative estimate of drug-likeness (QED) is 0.908. The van der Waals surface area contributed by atoms with Gasteiger partial charge in [0, 0.05) is 49.5 Å². The van der Waals surface area contributed by atoms with Crippen molar-refractivity contribution in [2.24, 2.45) is 5.73 Å². The summed E-state index contributed by atoms with van der Waals surface area (Å²) in [5.74, 6) is 0. The van der Waals surface area contributed by atoms with Crippen molar-refractivity contribution >= 4 is 17.3 Å². The molecule has 1 fully saturated rings. The zero-order valence-electron chi connectivity index (χ0n) is 11.0. The van der Waals surface area contributed by atoms with E-state index in [-0.39, 0.29) is 0 Å². The molecule has 1 atom stereocenters. The molecule has 1 aliphatic rings. The lowest BCUT2D eigenvalue weighted by Crippen LogP contribution is -2.49. The van der Waals surface area contributed by atoms with Crippen molar-refractivity contribution in [3.05, 3.63) is 29.3 Å². The zero-order chi connectivity index (χ0) is 13.0. The molecule has 0 spiro atoms. The van der Waals surface area contributed by atoms with E-state index in [4.69, 9.17) is 17.3 Å². The molecule has 1 heterocycles. The smallest absolute Gasteiger partial charge is 0.0426 e. The second-order valence-electron chi connectivity index (χ2n) is 4.94. The molecule has 1 aromatic carbocycles. The van der Waals surface area contributed by atoms with Crippen molar-refractivity contribution in [3.63, 3.8) is 0 Å². The van der Waals surface area contributed by atoms with Gasteiger partial charge in [0.25, 0.3) is 0 Å². The van der Waals surface area contributed by atoms with Gasteiger partial charge >= 0.3 is 0 Å². The van der Waals surface area contributed by atoms with Gasteiger partial charge in [-0.25, -0.2) is 0 Å². The van der Waals surface area contributed by atoms with E-state index < -0.39 is 0 Å². The third kappa shape index (κ3) is 3.61. The van der Waals surface area contributed by atoms with Crippen LogP contribution in [-0.4, -0.2) is 43.7 Å². The minimum atomic E-state index is 0.308. The van der Waals surface area contributed by atoms with E-state index in [0.717, 1.165) is 44.2 Å². The van der Waals surface area contributed by atoms with Gasteiger partial charge in [-0.3, -0.25) is 4.90 Å². The lowest BCUT2D eigenvalue weighted by Gasteiger charge is -2.37. The molecule has 1 aliphatic heterocycles. The number of nitrogens with zero attached hydrogens (tertiary/aromatic N) is 2. The summed E-state index contributed by atoms with van der Waals surface area (Å²) in [6, 6.07) is 8.40. The lowest BCUT2D eigenvalue weighted by molar-refractivity contribution is 0.241. The highest BCUT2D eigenvalue weighted by molar-refractivity contribution is 6.30. The summed E-state index contributed by atoms with van der Waals surface area (Å²) in [5, 5.41) is 0.808. The van der Waals surface area contributed by atoms with Gasteiger partial charge < -0.3 is 10.6 Å². The first-order chi connectivity index (χ1) is 8.69. The molecule has 0 aromatic heterocycles. The van der Waals surface area contributed by atoms with Crippen molar-refractivity contribution in [2.45, 2.75) is 19.4 Å². The van der Waals surface area contributed by atoms with Crippen molar-refractivity contribution in [3.8, 4) is 0 Å². The molecule has 2 N–H and O–H groups in total. The van der Waals surface area contributed by atoms with Gasteiger partial charge in [0.15, 0.2) is 0 Å². The Bertz CT molecular complexity index is 375. The molecule has 0 saturated carbocycles. The number of halogens is 1. The van der Waals surface area contributed by atoms with Crippen LogP contribution in [0.15, 0.2) is 24.3 Å². The Balaban J connectivity index is 1.87. The molecule has 1 saturated heterocycles. The Hall–Kier alpha value is -0.770. The fourth-order valence-corrected chi connectivity index (χ4v) is 2.51. The minimum Gasteiger partial charge on any atom is -0.369 e. The van der Waals surface area contributed by atoms with Gasteiger partial charge in [0.2, 0.25) is 0 Å². The fraction of sp³-hybridized carbons (Fsp3) is 0.571. The predicted octanol–water partition coefficient (Wildman–Crippen LogP) is 2.20. The summed E-state index contributed by atoms with van der Waals surface area (Å²) in [4.78, 5) is 4.84. The SMILES string of the molecule is CCC(N)CN1CCN(c2cccc(Cl)c2)CC1. The molecule has 100 valence electrons. The number of benzene rings is 1. The van der Waals surface area contributed by atoms with Crippen LogP contribution in [0.25, 0.3) is 0 Å². The van der Waals surface area contributed by atoms with Gasteiger partial charge in [-0.1, -0.05) is 24.6 Å². The molecule has 18 heavy (non-hydrogen) atoms. The van der Waals surface area contributed by atoms with Crippen LogP contribution in [-0.2, 0) is 0 Å². The highest BCUT2D eigenvalue weighted by atomic mass is 35.5. The standard InChI is InChI=1S/C14H22ClN3/c1-2-13(16)11-17-6-8-18(9-7-17)14-5-3-4-12(15)10-14/h3-5,10,13H,2,6-9,11,16H2,1H3. The second-order valence-corrected chi connectivity index (χ2v) is 5.37. The molecule has 0 bridgehead atoms. The molecular formula is C14H22ClN3. The first-order valence-corrected chi connectivity index (χ1v) is 7.05. The van der Waals surface area contributed by atoms with Crippen molar-refractivity contribution in [1.82, 2.24) is 4.90 Å². The number of rotatable bonds is 4. The van der Waals surface area contributed by atoms with Crippen LogP contribution in [0.1, 0.15) is 13.3 Å². The van der Waals surface area contributed by atoms with Gasteiger partial charge in [-0.2, -0.15) is 0 Å². The highest BCUT2D eigenvalue weighted by Gasteiger charge is 2.18. The molecule has 0 amide bonds. The van der Waals surface area contributed by atoms with Crippen LogP contribution in [0.3, 0.4) is 0 Å². The van der Waals surface area contributed by atoms with Crippen LogP contribution in [0.2, 0.25) is 5.02 Å². The van der Waals surface area contributed by atoms with Crippen molar-refractivity contribution in [2.75, 3.05) is 37.6 Å². The van der Waals surface area contributed by atoms with E-state index >= 15 is 0 Å². The average molecular weight is 268 g/mol. The Labute approximate surface area is 115 Å². The maximum atomic E-state index is 6.03. The number of piperazine rings is 1. The van der Waals surface area contributed by atoms with E-state index in [0.29, 0.717) is 6.04 Å². The Morgan fingerprint density at radius 1 is 1.28 bits per heavy atom. The molecule has 1 unspecified atom stereocenters. The summed E-state index contributed by atoms with van der Waals surface area (Å²) in [5.41, 5.74) is 7.22. The third-order valence-corrected chi connectivity index (χ3v) is 3.80. The number of hydrogen-bond acceptors (Lipinski definition) is 3. The Morgan fingerprint density at radius 3 is 2.61 bits per heavy atom. The van der Waals surface area contributed by atoms with E-state index in [2.05, 4.69) is 22.8 Å². The van der Waals surface area contributed by atoms with Gasteiger partial charge in [0.05, 0.1) is 0 Å². The number of anilines is 1. The summed E-state index contributed by atoms with van der Waals surface area (Å²) in [7, 11) is 0. The maximum Gasteiger partial charge on any atom is 0.0426 e. The van der Waals surface area contributed by atoms with E-state index in [1.165, 1.54) is 5.69 Å². The normalized spacial score (nSPS) is 18.9. The van der Waals surface area contributed by atoms with Crippen molar-refractivity contribution < 1.29 is 0 Å². The topological polar surface area (TPSA) is 32.5 Å². The molecule has 0 aliphatic carbocycles. The zero-order valence-corrected chi connectivity index (χ0v) is 11.7. The minimum absolute atomic E-state index is 0.308. The summed E-state index contributed by atoms with van der Waals surface area (Å²) < 4.78 is 0. The Kier molecular flexibility index (Phi) is 4.87. The van der Waals surface area contributed by atoms with Gasteiger partial charge in [-0.05, 0) is 24.6 Å². The molecule has 4 heteroatoms. The first kappa shape index (κ1) is 13.7. The van der Waals surface area contributed by atoms with Crippen molar-refractivity contribution in [1.29, 1.82) is 0 Å². The van der Waals surface area contributed by atoms with Crippen LogP contribution in [0, 0.1) is 0 Å². The van der Waals surface area contributed by atoms with Crippen LogP contribution in [0.5, 0.6) is 0 Å². The van der Waals surface area contributed by atoms with Crippen LogP contribution < -0.4 is 10.6 Å². The molecule has 2 rings (SSSR count). The van der Waals surface area contributed by atoms with E-state index in [9.17, 15) is 0 Å². The molecule has 3 nitrogen and oxygen atoms in total. The summed E-state index contributed by atoms with van der Waals surface area (Å²) >= 11 is 6.03. The molecule has 0 radical (unpaired) electrons. The van der Waals surface area contributed by atoms with Crippen LogP contribution >= 0.6 is 11.6 Å². The fourth-order valence-electron chi connectivity index (χ4n) is 2.32. The van der Waals surface area contributed by atoms with E-state index in [1.807, 2.05) is 18.2 Å². The molecule has 1 aromatic rings. The van der Waals surface area contributed by atoms with Gasteiger partial charge in [-0.15, -0.1) is 0 Å². The largest absolute Gasteiger partial charge is 0.369 e. The highest BCUT2D eigenvalue weighted by Crippen LogP contribution is 2.20. The van der Waals surface area contributed by atoms with Gasteiger partial charge in [0.1, 0.15) is 0 Å². The summed E-state index contributed by atoms with van der Waals surface area (Å²) in [6.45, 7) is 7.43. The Morgan fingerprint density at radius 2 is 2.00 bits per heavy atom. The summed E-state index contributed by atoms with van der Waals surface area (Å²) in [6.07, 6.45) is 1.05. The number of nitrogens with two attached hydrogens (primary N) is 1. The van der Waals surface area contributed by atoms with Crippen LogP contribution in [0.4, 0.5) is 5.69 Å².